The molecule has 0 aromatic rings. The Hall–Kier alpha value is -3.95. The lowest BCUT2D eigenvalue weighted by atomic mass is 9.98. The van der Waals surface area contributed by atoms with E-state index in [-0.39, 0.29) is 44.2 Å². The minimum absolute atomic E-state index is 0.103. The normalized spacial score (nSPS) is 18.1. The van der Waals surface area contributed by atoms with Crippen LogP contribution in [0.25, 0.3) is 0 Å². The van der Waals surface area contributed by atoms with Crippen LogP contribution in [0.1, 0.15) is 72.6 Å². The van der Waals surface area contributed by atoms with Crippen molar-refractivity contribution in [2.24, 2.45) is 39.8 Å². The Balaban J connectivity index is 3.09. The van der Waals surface area contributed by atoms with Gasteiger partial charge in [-0.2, -0.15) is 0 Å². The zero-order chi connectivity index (χ0) is 32.9. The molecular weight excluding hydrogens is 562 g/mol. The highest BCUT2D eigenvalue weighted by Gasteiger charge is 2.40. The van der Waals surface area contributed by atoms with E-state index in [1.807, 2.05) is 13.8 Å². The van der Waals surface area contributed by atoms with Gasteiger partial charge in [0.15, 0.2) is 5.96 Å². The number of aliphatic carboxylic acids is 1. The number of rotatable bonds is 18. The number of amides is 5. The smallest absolute Gasteiger partial charge is 0.326 e. The number of guanidine groups is 1. The molecule has 1 saturated heterocycles. The van der Waals surface area contributed by atoms with Crippen LogP contribution in [0.2, 0.25) is 0 Å². The van der Waals surface area contributed by atoms with Crippen LogP contribution in [-0.4, -0.2) is 94.8 Å². The van der Waals surface area contributed by atoms with E-state index in [0.717, 1.165) is 0 Å². The molecular formula is C27H49N9O7. The minimum atomic E-state index is -1.38. The average molecular weight is 612 g/mol. The van der Waals surface area contributed by atoms with Crippen molar-refractivity contribution in [3.8, 4) is 0 Å². The summed E-state index contributed by atoms with van der Waals surface area (Å²) in [5, 5.41) is 17.2. The van der Waals surface area contributed by atoms with Gasteiger partial charge in [-0.3, -0.25) is 29.0 Å². The van der Waals surface area contributed by atoms with Crippen molar-refractivity contribution >= 4 is 41.5 Å². The van der Waals surface area contributed by atoms with Crippen LogP contribution in [0.15, 0.2) is 4.99 Å². The third-order valence-electron chi connectivity index (χ3n) is 7.50. The first kappa shape index (κ1) is 37.1. The molecule has 5 amide bonds. The van der Waals surface area contributed by atoms with Crippen molar-refractivity contribution in [3.63, 3.8) is 0 Å². The molecule has 0 saturated carbocycles. The summed E-state index contributed by atoms with van der Waals surface area (Å²) < 4.78 is 0. The highest BCUT2D eigenvalue weighted by atomic mass is 16.4. The molecule has 1 rings (SSSR count). The summed E-state index contributed by atoms with van der Waals surface area (Å²) in [7, 11) is 0. The largest absolute Gasteiger partial charge is 0.480 e. The van der Waals surface area contributed by atoms with Crippen LogP contribution >= 0.6 is 0 Å². The molecule has 1 heterocycles. The second-order valence-corrected chi connectivity index (χ2v) is 11.2. The van der Waals surface area contributed by atoms with Crippen molar-refractivity contribution in [3.05, 3.63) is 0 Å². The van der Waals surface area contributed by atoms with Crippen molar-refractivity contribution < 1.29 is 33.9 Å². The number of hydrogen-bond donors (Lipinski definition) is 8. The van der Waals surface area contributed by atoms with Crippen molar-refractivity contribution in [1.82, 2.24) is 20.9 Å². The molecule has 0 spiro atoms. The number of hydrogen-bond acceptors (Lipinski definition) is 8. The van der Waals surface area contributed by atoms with Gasteiger partial charge in [-0.15, -0.1) is 0 Å². The quantitative estimate of drug-likeness (QED) is 0.0473. The zero-order valence-corrected chi connectivity index (χ0v) is 25.5. The number of nitrogens with zero attached hydrogens (tertiary/aromatic N) is 2. The van der Waals surface area contributed by atoms with E-state index < -0.39 is 71.6 Å². The molecule has 0 aromatic heterocycles. The zero-order valence-electron chi connectivity index (χ0n) is 25.5. The van der Waals surface area contributed by atoms with Crippen LogP contribution in [0.3, 0.4) is 0 Å². The van der Waals surface area contributed by atoms with Crippen molar-refractivity contribution in [1.29, 1.82) is 0 Å². The lowest BCUT2D eigenvalue weighted by molar-refractivity contribution is -0.144. The Kier molecular flexibility index (Phi) is 15.4. The Labute approximate surface area is 252 Å². The highest BCUT2D eigenvalue weighted by Crippen LogP contribution is 2.21. The van der Waals surface area contributed by atoms with E-state index in [2.05, 4.69) is 20.9 Å². The van der Waals surface area contributed by atoms with Crippen LogP contribution in [0.5, 0.6) is 0 Å². The van der Waals surface area contributed by atoms with Crippen LogP contribution in [-0.2, 0) is 28.8 Å². The van der Waals surface area contributed by atoms with E-state index in [9.17, 15) is 33.9 Å². The standard InChI is InChI=1S/C27H49N9O7/c1-5-15(4)20(29)23(39)33-16(8-6-12-32-27(30)31)25(41)36-13-7-9-18(36)22(38)35-21(14(2)3)24(40)34-17(26(42)43)10-11-19(28)37/h14-18,20-21H,5-13,29H2,1-4H3,(H2,28,37)(H,33,39)(H,34,40)(H,35,38)(H,42,43)(H4,30,31,32)/t15?,16-,17-,18-,20-,21-/m0/s1. The first-order valence-corrected chi connectivity index (χ1v) is 14.6. The molecule has 1 unspecified atom stereocenters. The van der Waals surface area contributed by atoms with Gasteiger partial charge in [0.2, 0.25) is 29.5 Å². The number of carboxylic acid groups (broad SMARTS) is 1. The summed E-state index contributed by atoms with van der Waals surface area (Å²) in [5.74, 6) is -5.04. The molecule has 0 bridgehead atoms. The molecule has 0 radical (unpaired) electrons. The fourth-order valence-electron chi connectivity index (χ4n) is 4.63. The van der Waals surface area contributed by atoms with Gasteiger partial charge in [-0.1, -0.05) is 34.1 Å². The minimum Gasteiger partial charge on any atom is -0.480 e. The van der Waals surface area contributed by atoms with Gasteiger partial charge < -0.3 is 48.9 Å². The number of likely N-dealkylation sites (tertiary alicyclic amines) is 1. The van der Waals surface area contributed by atoms with Gasteiger partial charge >= 0.3 is 5.97 Å². The fourth-order valence-corrected chi connectivity index (χ4v) is 4.63. The van der Waals surface area contributed by atoms with Crippen molar-refractivity contribution in [2.45, 2.75) is 103 Å². The second-order valence-electron chi connectivity index (χ2n) is 11.2. The summed E-state index contributed by atoms with van der Waals surface area (Å²) in [5.41, 5.74) is 22.0. The maximum Gasteiger partial charge on any atom is 0.326 e. The predicted molar refractivity (Wildman–Crippen MR) is 159 cm³/mol. The second kappa shape index (κ2) is 17.9. The number of aliphatic imine (C=N–C) groups is 1. The fraction of sp³-hybridized carbons (Fsp3) is 0.741. The van der Waals surface area contributed by atoms with Gasteiger partial charge in [0, 0.05) is 19.5 Å². The summed E-state index contributed by atoms with van der Waals surface area (Å²) >= 11 is 0. The van der Waals surface area contributed by atoms with Gasteiger partial charge in [0.1, 0.15) is 24.2 Å². The Morgan fingerprint density at radius 3 is 2.12 bits per heavy atom. The lowest BCUT2D eigenvalue weighted by Gasteiger charge is -2.31. The first-order valence-electron chi connectivity index (χ1n) is 14.6. The molecule has 16 heteroatoms. The maximum atomic E-state index is 13.7. The maximum absolute atomic E-state index is 13.7. The number of primary amides is 1. The molecule has 1 aliphatic rings. The SMILES string of the molecule is CCC(C)[C@H](N)C(=O)N[C@@H](CCCN=C(N)N)C(=O)N1CCC[C@H]1C(=O)N[C@H](C(=O)N[C@@H](CCC(N)=O)C(=O)O)C(C)C. The monoisotopic (exact) mass is 611 g/mol. The van der Waals surface area contributed by atoms with Crippen LogP contribution in [0.4, 0.5) is 0 Å². The Morgan fingerprint density at radius 2 is 1.58 bits per heavy atom. The third kappa shape index (κ3) is 12.1. The summed E-state index contributed by atoms with van der Waals surface area (Å²) in [6.45, 7) is 7.55. The van der Waals surface area contributed by atoms with Crippen LogP contribution < -0.4 is 38.9 Å². The van der Waals surface area contributed by atoms with E-state index >= 15 is 0 Å². The lowest BCUT2D eigenvalue weighted by Crippen LogP contribution is -2.59. The first-order chi connectivity index (χ1) is 20.1. The van der Waals surface area contributed by atoms with Gasteiger partial charge in [-0.25, -0.2) is 4.79 Å². The highest BCUT2D eigenvalue weighted by molar-refractivity contribution is 5.96. The molecule has 244 valence electrons. The molecule has 1 fully saturated rings. The molecule has 6 atom stereocenters. The number of nitrogens with two attached hydrogens (primary N) is 4. The summed E-state index contributed by atoms with van der Waals surface area (Å²) in [6.07, 6.45) is 1.60. The number of carbonyl (C=O) groups excluding carboxylic acids is 5. The molecule has 0 aliphatic carbocycles. The third-order valence-corrected chi connectivity index (χ3v) is 7.50. The molecule has 12 N–H and O–H groups in total. The Bertz CT molecular complexity index is 1030. The molecule has 16 nitrogen and oxygen atoms in total. The van der Waals surface area contributed by atoms with E-state index in [0.29, 0.717) is 25.7 Å². The van der Waals surface area contributed by atoms with E-state index in [1.54, 1.807) is 13.8 Å². The number of carbonyl (C=O) groups is 6. The number of nitrogens with one attached hydrogen (secondary N) is 3. The average Bonchev–Trinajstić information content (AvgIpc) is 3.43. The summed E-state index contributed by atoms with van der Waals surface area (Å²) in [6, 6.07) is -5.25. The van der Waals surface area contributed by atoms with Crippen molar-refractivity contribution in [2.75, 3.05) is 13.1 Å². The predicted octanol–water partition coefficient (Wildman–Crippen LogP) is -2.14. The molecule has 43 heavy (non-hydrogen) atoms. The molecule has 0 aromatic carbocycles. The molecule has 1 aliphatic heterocycles. The van der Waals surface area contributed by atoms with Gasteiger partial charge in [0.05, 0.1) is 6.04 Å². The van der Waals surface area contributed by atoms with Gasteiger partial charge in [0.25, 0.3) is 0 Å². The topological polar surface area (TPSA) is 278 Å². The number of carboxylic acids is 1. The Morgan fingerprint density at radius 1 is 0.953 bits per heavy atom. The summed E-state index contributed by atoms with van der Waals surface area (Å²) in [4.78, 5) is 81.0. The van der Waals surface area contributed by atoms with Gasteiger partial charge in [-0.05, 0) is 43.9 Å². The van der Waals surface area contributed by atoms with Crippen LogP contribution in [0, 0.1) is 11.8 Å². The van der Waals surface area contributed by atoms with E-state index in [1.165, 1.54) is 4.90 Å². The van der Waals surface area contributed by atoms with E-state index in [4.69, 9.17) is 22.9 Å².